The van der Waals surface area contributed by atoms with Gasteiger partial charge in [0, 0.05) is 30.9 Å². The Labute approximate surface area is 157 Å². The van der Waals surface area contributed by atoms with Crippen molar-refractivity contribution in [2.24, 2.45) is 7.05 Å². The largest absolute Gasteiger partial charge is 0.497 e. The second-order valence-electron chi connectivity index (χ2n) is 5.93. The molecule has 7 nitrogen and oxygen atoms in total. The summed E-state index contributed by atoms with van der Waals surface area (Å²) < 4.78 is 6.76. The number of carbonyl (C=O) groups is 2. The maximum atomic E-state index is 12.5. The first kappa shape index (κ1) is 18.2. The van der Waals surface area contributed by atoms with Gasteiger partial charge >= 0.3 is 0 Å². The summed E-state index contributed by atoms with van der Waals surface area (Å²) in [6.45, 7) is 0.355. The molecule has 0 atom stereocenters. The van der Waals surface area contributed by atoms with Gasteiger partial charge in [0.25, 0.3) is 11.8 Å². The fourth-order valence-corrected chi connectivity index (χ4v) is 2.57. The van der Waals surface area contributed by atoms with E-state index in [1.54, 1.807) is 66.5 Å². The lowest BCUT2D eigenvalue weighted by Crippen LogP contribution is -2.24. The van der Waals surface area contributed by atoms with E-state index in [0.29, 0.717) is 29.1 Å². The molecule has 138 valence electrons. The number of aryl methyl sites for hydroxylation is 1. The Morgan fingerprint density at radius 1 is 1.07 bits per heavy atom. The summed E-state index contributed by atoms with van der Waals surface area (Å²) in [6.07, 6.45) is 3.52. The lowest BCUT2D eigenvalue weighted by atomic mass is 10.1. The van der Waals surface area contributed by atoms with Crippen molar-refractivity contribution in [3.63, 3.8) is 0 Å². The van der Waals surface area contributed by atoms with Crippen LogP contribution in [0, 0.1) is 0 Å². The SMILES string of the molecule is COc1ccc(C(=O)Nc2ccccc2C(=O)NCc2cnn(C)c2)cc1. The van der Waals surface area contributed by atoms with E-state index in [-0.39, 0.29) is 11.8 Å². The van der Waals surface area contributed by atoms with Crippen LogP contribution in [-0.2, 0) is 13.6 Å². The first-order valence-corrected chi connectivity index (χ1v) is 8.37. The molecule has 0 unspecified atom stereocenters. The Morgan fingerprint density at radius 3 is 2.48 bits per heavy atom. The van der Waals surface area contributed by atoms with Crippen molar-refractivity contribution in [3.8, 4) is 5.75 Å². The van der Waals surface area contributed by atoms with Crippen LogP contribution in [0.4, 0.5) is 5.69 Å². The van der Waals surface area contributed by atoms with Crippen molar-refractivity contribution < 1.29 is 14.3 Å². The van der Waals surface area contributed by atoms with Crippen molar-refractivity contribution in [2.45, 2.75) is 6.54 Å². The van der Waals surface area contributed by atoms with Gasteiger partial charge in [0.05, 0.1) is 24.6 Å². The summed E-state index contributed by atoms with van der Waals surface area (Å²) in [5, 5.41) is 9.70. The van der Waals surface area contributed by atoms with E-state index in [1.807, 2.05) is 13.2 Å². The molecule has 2 aromatic carbocycles. The number of anilines is 1. The van der Waals surface area contributed by atoms with Crippen LogP contribution >= 0.6 is 0 Å². The molecular formula is C20H20N4O3. The highest BCUT2D eigenvalue weighted by atomic mass is 16.5. The number of amides is 2. The molecule has 0 radical (unpaired) electrons. The first-order chi connectivity index (χ1) is 13.1. The molecule has 0 aliphatic rings. The summed E-state index contributed by atoms with van der Waals surface area (Å²) in [5.41, 5.74) is 2.21. The molecule has 0 aliphatic carbocycles. The van der Waals surface area contributed by atoms with Crippen LogP contribution < -0.4 is 15.4 Å². The molecule has 7 heteroatoms. The van der Waals surface area contributed by atoms with Gasteiger partial charge in [-0.2, -0.15) is 5.10 Å². The molecule has 2 amide bonds. The Kier molecular flexibility index (Phi) is 5.51. The Hall–Kier alpha value is -3.61. The number of hydrogen-bond acceptors (Lipinski definition) is 4. The minimum Gasteiger partial charge on any atom is -0.497 e. The molecule has 0 aliphatic heterocycles. The highest BCUT2D eigenvalue weighted by molar-refractivity contribution is 6.09. The second-order valence-corrected chi connectivity index (χ2v) is 5.93. The Balaban J connectivity index is 1.70. The third-order valence-electron chi connectivity index (χ3n) is 3.98. The third-order valence-corrected chi connectivity index (χ3v) is 3.98. The minimum absolute atomic E-state index is 0.274. The summed E-state index contributed by atoms with van der Waals surface area (Å²) in [4.78, 5) is 25.0. The maximum absolute atomic E-state index is 12.5. The zero-order chi connectivity index (χ0) is 19.2. The van der Waals surface area contributed by atoms with Gasteiger partial charge < -0.3 is 15.4 Å². The fourth-order valence-electron chi connectivity index (χ4n) is 2.57. The molecule has 1 heterocycles. The van der Waals surface area contributed by atoms with E-state index in [4.69, 9.17) is 4.74 Å². The fraction of sp³-hybridized carbons (Fsp3) is 0.150. The second kappa shape index (κ2) is 8.18. The van der Waals surface area contributed by atoms with Crippen LogP contribution in [0.5, 0.6) is 5.75 Å². The summed E-state index contributed by atoms with van der Waals surface area (Å²) in [7, 11) is 3.38. The number of benzene rings is 2. The van der Waals surface area contributed by atoms with E-state index in [2.05, 4.69) is 15.7 Å². The first-order valence-electron chi connectivity index (χ1n) is 8.37. The van der Waals surface area contributed by atoms with Gasteiger partial charge in [0.1, 0.15) is 5.75 Å². The Bertz CT molecular complexity index is 948. The van der Waals surface area contributed by atoms with Crippen molar-refractivity contribution in [3.05, 3.63) is 77.6 Å². The molecule has 0 saturated heterocycles. The molecule has 3 rings (SSSR count). The van der Waals surface area contributed by atoms with Crippen molar-refractivity contribution in [1.29, 1.82) is 0 Å². The average molecular weight is 364 g/mol. The van der Waals surface area contributed by atoms with Gasteiger partial charge in [-0.25, -0.2) is 0 Å². The number of nitrogens with zero attached hydrogens (tertiary/aromatic N) is 2. The van der Waals surface area contributed by atoms with Gasteiger partial charge in [-0.3, -0.25) is 14.3 Å². The molecule has 27 heavy (non-hydrogen) atoms. The molecule has 0 bridgehead atoms. The zero-order valence-electron chi connectivity index (χ0n) is 15.1. The molecule has 0 fully saturated rings. The van der Waals surface area contributed by atoms with Crippen LogP contribution in [0.3, 0.4) is 0 Å². The number of nitrogens with one attached hydrogen (secondary N) is 2. The highest BCUT2D eigenvalue weighted by Crippen LogP contribution is 2.18. The van der Waals surface area contributed by atoms with E-state index in [0.717, 1.165) is 5.56 Å². The number of hydrogen-bond donors (Lipinski definition) is 2. The van der Waals surface area contributed by atoms with E-state index >= 15 is 0 Å². The molecule has 2 N–H and O–H groups in total. The topological polar surface area (TPSA) is 85.2 Å². The van der Waals surface area contributed by atoms with Gasteiger partial charge in [-0.05, 0) is 36.4 Å². The quantitative estimate of drug-likeness (QED) is 0.704. The van der Waals surface area contributed by atoms with Crippen molar-refractivity contribution in [2.75, 3.05) is 12.4 Å². The molecule has 1 aromatic heterocycles. The normalized spacial score (nSPS) is 10.3. The standard InChI is InChI=1S/C20H20N4O3/c1-24-13-14(12-22-24)11-21-20(26)17-5-3-4-6-18(17)23-19(25)15-7-9-16(27-2)10-8-15/h3-10,12-13H,11H2,1-2H3,(H,21,26)(H,23,25). The van der Waals surface area contributed by atoms with Gasteiger partial charge in [-0.15, -0.1) is 0 Å². The van der Waals surface area contributed by atoms with Crippen LogP contribution in [0.1, 0.15) is 26.3 Å². The zero-order valence-corrected chi connectivity index (χ0v) is 15.1. The number of ether oxygens (including phenoxy) is 1. The highest BCUT2D eigenvalue weighted by Gasteiger charge is 2.14. The molecule has 3 aromatic rings. The lowest BCUT2D eigenvalue weighted by Gasteiger charge is -2.11. The predicted molar refractivity (Wildman–Crippen MR) is 102 cm³/mol. The van der Waals surface area contributed by atoms with Crippen LogP contribution in [0.2, 0.25) is 0 Å². The number of aromatic nitrogens is 2. The Morgan fingerprint density at radius 2 is 1.81 bits per heavy atom. The average Bonchev–Trinajstić information content (AvgIpc) is 3.12. The predicted octanol–water partition coefficient (Wildman–Crippen LogP) is 2.61. The number of rotatable bonds is 6. The van der Waals surface area contributed by atoms with E-state index < -0.39 is 0 Å². The summed E-state index contributed by atoms with van der Waals surface area (Å²) in [5.74, 6) is 0.0939. The molecular weight excluding hydrogens is 344 g/mol. The number of para-hydroxylation sites is 1. The van der Waals surface area contributed by atoms with Gasteiger partial charge in [-0.1, -0.05) is 12.1 Å². The maximum Gasteiger partial charge on any atom is 0.255 e. The van der Waals surface area contributed by atoms with Crippen LogP contribution in [0.15, 0.2) is 60.9 Å². The third kappa shape index (κ3) is 4.52. The number of methoxy groups -OCH3 is 1. The molecule has 0 spiro atoms. The van der Waals surface area contributed by atoms with E-state index in [9.17, 15) is 9.59 Å². The van der Waals surface area contributed by atoms with Crippen LogP contribution in [0.25, 0.3) is 0 Å². The van der Waals surface area contributed by atoms with Crippen molar-refractivity contribution >= 4 is 17.5 Å². The molecule has 0 saturated carbocycles. The number of carbonyl (C=O) groups excluding carboxylic acids is 2. The summed E-state index contributed by atoms with van der Waals surface area (Å²) >= 11 is 0. The lowest BCUT2D eigenvalue weighted by molar-refractivity contribution is 0.0952. The minimum atomic E-state index is -0.301. The van der Waals surface area contributed by atoms with Gasteiger partial charge in [0.15, 0.2) is 0 Å². The van der Waals surface area contributed by atoms with E-state index in [1.165, 1.54) is 0 Å². The smallest absolute Gasteiger partial charge is 0.255 e. The summed E-state index contributed by atoms with van der Waals surface area (Å²) in [6, 6.07) is 13.6. The van der Waals surface area contributed by atoms with Crippen LogP contribution in [-0.4, -0.2) is 28.7 Å². The van der Waals surface area contributed by atoms with Crippen molar-refractivity contribution in [1.82, 2.24) is 15.1 Å². The monoisotopic (exact) mass is 364 g/mol. The van der Waals surface area contributed by atoms with Gasteiger partial charge in [0.2, 0.25) is 0 Å².